The third-order valence-electron chi connectivity index (χ3n) is 1.57. The number of aromatic nitrogens is 2. The zero-order valence-corrected chi connectivity index (χ0v) is 7.99. The number of aryl methyl sites for hydroxylation is 2. The highest BCUT2D eigenvalue weighted by Crippen LogP contribution is 1.86. The van der Waals surface area contributed by atoms with Gasteiger partial charge in [-0.2, -0.15) is 0 Å². The van der Waals surface area contributed by atoms with Crippen LogP contribution in [0.4, 0.5) is 0 Å². The molecule has 0 bridgehead atoms. The van der Waals surface area contributed by atoms with Crippen molar-refractivity contribution >= 4 is 0 Å². The first-order chi connectivity index (χ1) is 6.29. The van der Waals surface area contributed by atoms with E-state index in [0.717, 1.165) is 5.69 Å². The van der Waals surface area contributed by atoms with Crippen molar-refractivity contribution in [1.82, 2.24) is 9.97 Å². The average molecular weight is 174 g/mol. The molecule has 0 radical (unpaired) electrons. The molecular formula is C11H14N2. The molecule has 2 nitrogen and oxygen atoms in total. The smallest absolute Gasteiger partial charge is 0.0372 e. The van der Waals surface area contributed by atoms with E-state index in [1.54, 1.807) is 6.20 Å². The Morgan fingerprint density at radius 2 is 1.92 bits per heavy atom. The SMILES string of the molecule is Cc1ccc[nH]1.Cc1ccccn1. The van der Waals surface area contributed by atoms with E-state index in [2.05, 4.69) is 9.97 Å². The predicted molar refractivity (Wildman–Crippen MR) is 54.5 cm³/mol. The fourth-order valence-corrected chi connectivity index (χ4v) is 0.868. The Hall–Kier alpha value is -1.57. The number of hydrogen-bond acceptors (Lipinski definition) is 1. The lowest BCUT2D eigenvalue weighted by Gasteiger charge is -1.82. The summed E-state index contributed by atoms with van der Waals surface area (Å²) < 4.78 is 0. The van der Waals surface area contributed by atoms with Gasteiger partial charge in [0.1, 0.15) is 0 Å². The molecule has 0 saturated carbocycles. The molecule has 0 atom stereocenters. The molecule has 0 saturated heterocycles. The second kappa shape index (κ2) is 5.14. The van der Waals surface area contributed by atoms with Crippen molar-refractivity contribution in [2.24, 2.45) is 0 Å². The standard InChI is InChI=1S/C6H7N.C5H7N/c1-6-4-2-3-5-7-6;1-5-3-2-4-6-5/h2-5H,1H3;2-4,6H,1H3. The summed E-state index contributed by atoms with van der Waals surface area (Å²) in [4.78, 5) is 6.98. The number of rotatable bonds is 0. The van der Waals surface area contributed by atoms with Gasteiger partial charge in [-0.05, 0) is 38.1 Å². The van der Waals surface area contributed by atoms with Crippen LogP contribution < -0.4 is 0 Å². The minimum absolute atomic E-state index is 1.07. The lowest BCUT2D eigenvalue weighted by Crippen LogP contribution is -1.72. The summed E-state index contributed by atoms with van der Waals surface area (Å²) in [6, 6.07) is 9.87. The summed E-state index contributed by atoms with van der Waals surface area (Å²) in [7, 11) is 0. The number of pyridine rings is 1. The van der Waals surface area contributed by atoms with Gasteiger partial charge in [0.05, 0.1) is 0 Å². The third kappa shape index (κ3) is 4.11. The van der Waals surface area contributed by atoms with Crippen molar-refractivity contribution < 1.29 is 0 Å². The molecular weight excluding hydrogens is 160 g/mol. The van der Waals surface area contributed by atoms with E-state index in [9.17, 15) is 0 Å². The van der Waals surface area contributed by atoms with Crippen LogP contribution in [-0.2, 0) is 0 Å². The minimum Gasteiger partial charge on any atom is -0.365 e. The summed E-state index contributed by atoms with van der Waals surface area (Å²) >= 11 is 0. The van der Waals surface area contributed by atoms with E-state index < -0.39 is 0 Å². The number of nitrogens with one attached hydrogen (secondary N) is 1. The van der Waals surface area contributed by atoms with Crippen LogP contribution in [0.1, 0.15) is 11.4 Å². The zero-order valence-electron chi connectivity index (χ0n) is 7.99. The van der Waals surface area contributed by atoms with Gasteiger partial charge in [-0.25, -0.2) is 0 Å². The first-order valence-corrected chi connectivity index (χ1v) is 4.26. The van der Waals surface area contributed by atoms with E-state index in [-0.39, 0.29) is 0 Å². The van der Waals surface area contributed by atoms with E-state index in [4.69, 9.17) is 0 Å². The van der Waals surface area contributed by atoms with Crippen molar-refractivity contribution in [1.29, 1.82) is 0 Å². The van der Waals surface area contributed by atoms with Crippen LogP contribution in [0, 0.1) is 13.8 Å². The molecule has 2 heteroatoms. The second-order valence-electron chi connectivity index (χ2n) is 2.82. The van der Waals surface area contributed by atoms with Gasteiger partial charge in [0.15, 0.2) is 0 Å². The van der Waals surface area contributed by atoms with E-state index in [1.807, 2.05) is 50.4 Å². The summed E-state index contributed by atoms with van der Waals surface area (Å²) in [5, 5.41) is 0. The summed E-state index contributed by atoms with van der Waals surface area (Å²) in [6.45, 7) is 4.00. The Morgan fingerprint density at radius 1 is 1.08 bits per heavy atom. The van der Waals surface area contributed by atoms with Crippen LogP contribution in [0.15, 0.2) is 42.7 Å². The highest BCUT2D eigenvalue weighted by Gasteiger charge is 1.73. The maximum absolute atomic E-state index is 3.98. The third-order valence-corrected chi connectivity index (χ3v) is 1.57. The van der Waals surface area contributed by atoms with Gasteiger partial charge in [-0.15, -0.1) is 0 Å². The molecule has 0 spiro atoms. The summed E-state index contributed by atoms with van der Waals surface area (Å²) in [5.41, 5.74) is 2.29. The lowest BCUT2D eigenvalue weighted by atomic mass is 10.4. The van der Waals surface area contributed by atoms with Crippen molar-refractivity contribution in [3.8, 4) is 0 Å². The van der Waals surface area contributed by atoms with Gasteiger partial charge in [-0.1, -0.05) is 6.07 Å². The van der Waals surface area contributed by atoms with Crippen molar-refractivity contribution in [2.75, 3.05) is 0 Å². The largest absolute Gasteiger partial charge is 0.365 e. The fraction of sp³-hybridized carbons (Fsp3) is 0.182. The molecule has 2 aromatic heterocycles. The Bertz CT molecular complexity index is 311. The van der Waals surface area contributed by atoms with Crippen LogP contribution >= 0.6 is 0 Å². The van der Waals surface area contributed by atoms with Crippen molar-refractivity contribution in [3.63, 3.8) is 0 Å². The molecule has 0 aliphatic rings. The van der Waals surface area contributed by atoms with Gasteiger partial charge < -0.3 is 4.98 Å². The minimum atomic E-state index is 1.07. The number of H-pyrrole nitrogens is 1. The van der Waals surface area contributed by atoms with Gasteiger partial charge >= 0.3 is 0 Å². The molecule has 1 N–H and O–H groups in total. The Balaban J connectivity index is 0.000000132. The molecule has 0 aromatic carbocycles. The maximum atomic E-state index is 3.98. The van der Waals surface area contributed by atoms with Crippen LogP contribution in [0.2, 0.25) is 0 Å². The number of hydrogen-bond donors (Lipinski definition) is 1. The first kappa shape index (κ1) is 9.52. The average Bonchev–Trinajstić information content (AvgIpc) is 2.58. The van der Waals surface area contributed by atoms with Gasteiger partial charge in [0.2, 0.25) is 0 Å². The molecule has 2 rings (SSSR count). The Labute approximate surface area is 78.7 Å². The Morgan fingerprint density at radius 3 is 2.15 bits per heavy atom. The zero-order chi connectivity index (χ0) is 9.52. The van der Waals surface area contributed by atoms with Crippen LogP contribution in [0.3, 0.4) is 0 Å². The highest BCUT2D eigenvalue weighted by molar-refractivity contribution is 5.00. The molecule has 68 valence electrons. The normalized spacial score (nSPS) is 8.77. The topological polar surface area (TPSA) is 28.7 Å². The van der Waals surface area contributed by atoms with Gasteiger partial charge in [0, 0.05) is 23.8 Å². The van der Waals surface area contributed by atoms with E-state index >= 15 is 0 Å². The Kier molecular flexibility index (Phi) is 3.76. The number of nitrogens with zero attached hydrogens (tertiary/aromatic N) is 1. The molecule has 0 fully saturated rings. The van der Waals surface area contributed by atoms with Crippen molar-refractivity contribution in [3.05, 3.63) is 54.1 Å². The molecule has 13 heavy (non-hydrogen) atoms. The number of aromatic amines is 1. The molecule has 0 aliphatic carbocycles. The fourth-order valence-electron chi connectivity index (χ4n) is 0.868. The van der Waals surface area contributed by atoms with Gasteiger partial charge in [-0.3, -0.25) is 4.98 Å². The summed E-state index contributed by atoms with van der Waals surface area (Å²) in [6.07, 6.45) is 3.70. The maximum Gasteiger partial charge on any atom is 0.0372 e. The first-order valence-electron chi connectivity index (χ1n) is 4.26. The highest BCUT2D eigenvalue weighted by atomic mass is 14.7. The quantitative estimate of drug-likeness (QED) is 0.653. The predicted octanol–water partition coefficient (Wildman–Crippen LogP) is 2.71. The van der Waals surface area contributed by atoms with Crippen molar-refractivity contribution in [2.45, 2.75) is 13.8 Å². The molecule has 0 unspecified atom stereocenters. The molecule has 0 aliphatic heterocycles. The van der Waals surface area contributed by atoms with E-state index in [0.29, 0.717) is 0 Å². The molecule has 2 aromatic rings. The lowest BCUT2D eigenvalue weighted by molar-refractivity contribution is 1.20. The molecule has 0 amide bonds. The van der Waals surface area contributed by atoms with Crippen LogP contribution in [-0.4, -0.2) is 9.97 Å². The van der Waals surface area contributed by atoms with E-state index in [1.165, 1.54) is 5.69 Å². The monoisotopic (exact) mass is 174 g/mol. The molecule has 2 heterocycles. The van der Waals surface area contributed by atoms with Gasteiger partial charge in [0.25, 0.3) is 0 Å². The second-order valence-corrected chi connectivity index (χ2v) is 2.82. The summed E-state index contributed by atoms with van der Waals surface area (Å²) in [5.74, 6) is 0. The van der Waals surface area contributed by atoms with Crippen LogP contribution in [0.25, 0.3) is 0 Å². The van der Waals surface area contributed by atoms with Crippen LogP contribution in [0.5, 0.6) is 0 Å².